The third kappa shape index (κ3) is 5.84. The number of hydrogen-bond acceptors (Lipinski definition) is 6. The first-order valence-electron chi connectivity index (χ1n) is 5.83. The van der Waals surface area contributed by atoms with Crippen molar-refractivity contribution in [2.24, 2.45) is 0 Å². The van der Waals surface area contributed by atoms with Crippen LogP contribution in [0.1, 0.15) is 20.8 Å². The molecular formula is C12H22N4S2. The van der Waals surface area contributed by atoms with Gasteiger partial charge in [-0.3, -0.25) is 0 Å². The van der Waals surface area contributed by atoms with Gasteiger partial charge in [-0.05, 0) is 20.8 Å². The molecule has 0 aliphatic heterocycles. The van der Waals surface area contributed by atoms with Crippen molar-refractivity contribution in [1.29, 1.82) is 0 Å². The second kappa shape index (κ2) is 6.54. The molecule has 6 heteroatoms. The molecule has 18 heavy (non-hydrogen) atoms. The van der Waals surface area contributed by atoms with Crippen molar-refractivity contribution in [3.63, 3.8) is 0 Å². The molecule has 0 radical (unpaired) electrons. The van der Waals surface area contributed by atoms with Crippen molar-refractivity contribution in [2.45, 2.75) is 30.6 Å². The largest absolute Gasteiger partial charge is 0.353 e. The van der Waals surface area contributed by atoms with Gasteiger partial charge in [-0.15, -0.1) is 10.2 Å². The summed E-state index contributed by atoms with van der Waals surface area (Å²) in [6, 6.07) is 0. The van der Waals surface area contributed by atoms with Gasteiger partial charge >= 0.3 is 0 Å². The molecule has 1 aromatic rings. The van der Waals surface area contributed by atoms with Gasteiger partial charge in [-0.25, -0.2) is 0 Å². The highest BCUT2D eigenvalue weighted by Gasteiger charge is 2.10. The monoisotopic (exact) mass is 286 g/mol. The van der Waals surface area contributed by atoms with Crippen LogP contribution in [0.5, 0.6) is 0 Å². The molecule has 1 heterocycles. The minimum Gasteiger partial charge on any atom is -0.353 e. The van der Waals surface area contributed by atoms with Gasteiger partial charge in [0.05, 0.1) is 0 Å². The predicted molar refractivity (Wildman–Crippen MR) is 81.9 cm³/mol. The summed E-state index contributed by atoms with van der Waals surface area (Å²) in [6.07, 6.45) is 0. The first kappa shape index (κ1) is 15.5. The molecule has 4 nitrogen and oxygen atoms in total. The van der Waals surface area contributed by atoms with Gasteiger partial charge in [-0.1, -0.05) is 35.3 Å². The SMILES string of the molecule is C=C(CNC(C)(C)C)CSc1nnc(N(C)C)s1. The number of nitrogens with one attached hydrogen (secondary N) is 1. The zero-order valence-electron chi connectivity index (χ0n) is 11.8. The predicted octanol–water partition coefficient (Wildman–Crippen LogP) is 2.64. The second-order valence-corrected chi connectivity index (χ2v) is 7.57. The Morgan fingerprint density at radius 2 is 2.06 bits per heavy atom. The van der Waals surface area contributed by atoms with Crippen LogP contribution in [0.25, 0.3) is 0 Å². The Morgan fingerprint density at radius 3 is 2.56 bits per heavy atom. The van der Waals surface area contributed by atoms with Gasteiger partial charge in [0.15, 0.2) is 4.34 Å². The first-order valence-corrected chi connectivity index (χ1v) is 7.63. The van der Waals surface area contributed by atoms with Crippen LogP contribution in [-0.2, 0) is 0 Å². The fourth-order valence-electron chi connectivity index (χ4n) is 1.05. The van der Waals surface area contributed by atoms with Crippen molar-refractivity contribution in [3.8, 4) is 0 Å². The molecule has 0 fully saturated rings. The van der Waals surface area contributed by atoms with E-state index in [0.717, 1.165) is 21.8 Å². The number of thioether (sulfide) groups is 1. The third-order valence-corrected chi connectivity index (χ3v) is 4.42. The topological polar surface area (TPSA) is 41.1 Å². The maximum absolute atomic E-state index is 4.15. The van der Waals surface area contributed by atoms with Crippen LogP contribution in [0, 0.1) is 0 Å². The smallest absolute Gasteiger partial charge is 0.208 e. The summed E-state index contributed by atoms with van der Waals surface area (Å²) in [5, 5.41) is 12.6. The summed E-state index contributed by atoms with van der Waals surface area (Å²) in [7, 11) is 3.95. The van der Waals surface area contributed by atoms with Crippen LogP contribution in [0.3, 0.4) is 0 Å². The lowest BCUT2D eigenvalue weighted by Crippen LogP contribution is -2.37. The van der Waals surface area contributed by atoms with E-state index in [0.29, 0.717) is 0 Å². The molecule has 1 N–H and O–H groups in total. The summed E-state index contributed by atoms with van der Waals surface area (Å²) in [5.41, 5.74) is 1.31. The number of hydrogen-bond donors (Lipinski definition) is 1. The van der Waals surface area contributed by atoms with E-state index in [4.69, 9.17) is 0 Å². The van der Waals surface area contributed by atoms with Gasteiger partial charge in [-0.2, -0.15) is 0 Å². The van der Waals surface area contributed by atoms with Crippen molar-refractivity contribution < 1.29 is 0 Å². The average Bonchev–Trinajstić information content (AvgIpc) is 2.71. The first-order chi connectivity index (χ1) is 8.28. The fraction of sp³-hybridized carbons (Fsp3) is 0.667. The molecule has 0 aliphatic carbocycles. The third-order valence-electron chi connectivity index (χ3n) is 2.05. The summed E-state index contributed by atoms with van der Waals surface area (Å²) in [4.78, 5) is 1.97. The Balaban J connectivity index is 2.33. The molecule has 0 saturated carbocycles. The van der Waals surface area contributed by atoms with Crippen LogP contribution >= 0.6 is 23.1 Å². The highest BCUT2D eigenvalue weighted by molar-refractivity contribution is 8.01. The molecule has 0 atom stereocenters. The zero-order valence-corrected chi connectivity index (χ0v) is 13.4. The normalized spacial score (nSPS) is 11.6. The van der Waals surface area contributed by atoms with E-state index in [1.807, 2.05) is 19.0 Å². The summed E-state index contributed by atoms with van der Waals surface area (Å²) in [6.45, 7) is 11.4. The molecule has 1 rings (SSSR count). The van der Waals surface area contributed by atoms with E-state index in [1.165, 1.54) is 5.57 Å². The number of aromatic nitrogens is 2. The standard InChI is InChI=1S/C12H22N4S2/c1-9(7-13-12(2,3)4)8-17-11-15-14-10(18-11)16(5)6/h13H,1,7-8H2,2-6H3. The Morgan fingerprint density at radius 1 is 1.39 bits per heavy atom. The van der Waals surface area contributed by atoms with Gasteiger partial charge in [0, 0.05) is 31.9 Å². The van der Waals surface area contributed by atoms with E-state index in [9.17, 15) is 0 Å². The van der Waals surface area contributed by atoms with Crippen molar-refractivity contribution >= 4 is 28.2 Å². The van der Waals surface area contributed by atoms with E-state index in [-0.39, 0.29) is 5.54 Å². The lowest BCUT2D eigenvalue weighted by Gasteiger charge is -2.21. The molecule has 0 amide bonds. The Bertz CT molecular complexity index is 393. The van der Waals surface area contributed by atoms with Crippen LogP contribution in [0.15, 0.2) is 16.5 Å². The summed E-state index contributed by atoms with van der Waals surface area (Å²) in [5.74, 6) is 0.880. The highest BCUT2D eigenvalue weighted by Crippen LogP contribution is 2.27. The molecule has 102 valence electrons. The Hall–Kier alpha value is -0.590. The van der Waals surface area contributed by atoms with Gasteiger partial charge < -0.3 is 10.2 Å². The lowest BCUT2D eigenvalue weighted by molar-refractivity contribution is 0.445. The Labute approximate surface area is 118 Å². The summed E-state index contributed by atoms with van der Waals surface area (Å²) < 4.78 is 0.996. The minimum atomic E-state index is 0.133. The number of nitrogens with zero attached hydrogens (tertiary/aromatic N) is 3. The van der Waals surface area contributed by atoms with Gasteiger partial charge in [0.1, 0.15) is 0 Å². The molecule has 1 aromatic heterocycles. The fourth-order valence-corrected chi connectivity index (χ4v) is 2.71. The molecule has 0 unspecified atom stereocenters. The molecule has 0 bridgehead atoms. The summed E-state index contributed by atoms with van der Waals surface area (Å²) >= 11 is 3.31. The quantitative estimate of drug-likeness (QED) is 0.643. The zero-order chi connectivity index (χ0) is 13.8. The maximum Gasteiger partial charge on any atom is 0.208 e. The number of anilines is 1. The Kier molecular flexibility index (Phi) is 5.62. The van der Waals surface area contributed by atoms with Crippen LogP contribution in [0.2, 0.25) is 0 Å². The highest BCUT2D eigenvalue weighted by atomic mass is 32.2. The molecule has 0 spiro atoms. The van der Waals surface area contributed by atoms with Crippen LogP contribution in [0.4, 0.5) is 5.13 Å². The van der Waals surface area contributed by atoms with E-state index < -0.39 is 0 Å². The van der Waals surface area contributed by atoms with E-state index in [2.05, 4.69) is 42.9 Å². The second-order valence-electron chi connectivity index (χ2n) is 5.39. The molecule has 0 aliphatic rings. The van der Waals surface area contributed by atoms with E-state index in [1.54, 1.807) is 23.1 Å². The molecule has 0 aromatic carbocycles. The van der Waals surface area contributed by atoms with Gasteiger partial charge in [0.25, 0.3) is 0 Å². The van der Waals surface area contributed by atoms with Gasteiger partial charge in [0.2, 0.25) is 5.13 Å². The lowest BCUT2D eigenvalue weighted by atomic mass is 10.1. The minimum absolute atomic E-state index is 0.133. The van der Waals surface area contributed by atoms with Crippen molar-refractivity contribution in [1.82, 2.24) is 15.5 Å². The van der Waals surface area contributed by atoms with E-state index >= 15 is 0 Å². The number of rotatable bonds is 6. The maximum atomic E-state index is 4.15. The van der Waals surface area contributed by atoms with Crippen LogP contribution < -0.4 is 10.2 Å². The van der Waals surface area contributed by atoms with Crippen molar-refractivity contribution in [3.05, 3.63) is 12.2 Å². The average molecular weight is 286 g/mol. The van der Waals surface area contributed by atoms with Crippen LogP contribution in [-0.4, -0.2) is 42.1 Å². The molecular weight excluding hydrogens is 264 g/mol. The van der Waals surface area contributed by atoms with Crippen molar-refractivity contribution in [2.75, 3.05) is 31.3 Å². The molecule has 0 saturated heterocycles.